The standard InChI is InChI=1S/C25H23N5O/c1-15-13-19(31-18-5-3-2-4-6-18)11-12-20(15)24-23(25(28)29)21(27)14-22(30-24)16-7-9-17(26)10-8-16/h2-14H,26H2,1H3,(H2,27,30)(H3,28,29)/p+1. The molecule has 0 atom stereocenters. The van der Waals surface area contributed by atoms with Crippen molar-refractivity contribution >= 4 is 17.2 Å². The normalized spacial score (nSPS) is 10.6. The van der Waals surface area contributed by atoms with Crippen LogP contribution >= 0.6 is 0 Å². The molecule has 0 amide bonds. The molecule has 3 aromatic carbocycles. The Morgan fingerprint density at radius 2 is 1.58 bits per heavy atom. The SMILES string of the molecule is Cc1cc(Oc2ccccc2)ccc1-c1nc(-c2ccc(N)cc2)cc(N)c1C(N)=[NH2+]. The summed E-state index contributed by atoms with van der Waals surface area (Å²) in [6.07, 6.45) is 0. The van der Waals surface area contributed by atoms with Crippen molar-refractivity contribution in [1.82, 2.24) is 4.98 Å². The molecule has 4 aromatic rings. The quantitative estimate of drug-likeness (QED) is 0.228. The second-order valence-electron chi connectivity index (χ2n) is 7.29. The highest BCUT2D eigenvalue weighted by Crippen LogP contribution is 2.34. The van der Waals surface area contributed by atoms with Crippen LogP contribution in [0, 0.1) is 6.92 Å². The van der Waals surface area contributed by atoms with Gasteiger partial charge in [0.15, 0.2) is 0 Å². The molecule has 8 N–H and O–H groups in total. The van der Waals surface area contributed by atoms with Gasteiger partial charge in [-0.1, -0.05) is 30.3 Å². The van der Waals surface area contributed by atoms with E-state index in [9.17, 15) is 0 Å². The van der Waals surface area contributed by atoms with E-state index in [1.807, 2.05) is 79.7 Å². The molecule has 0 aliphatic rings. The van der Waals surface area contributed by atoms with Gasteiger partial charge in [0.1, 0.15) is 17.1 Å². The summed E-state index contributed by atoms with van der Waals surface area (Å²) in [7, 11) is 0. The number of nitrogen functional groups attached to an aromatic ring is 2. The minimum Gasteiger partial charge on any atom is -0.457 e. The van der Waals surface area contributed by atoms with Crippen molar-refractivity contribution in [2.45, 2.75) is 6.92 Å². The average Bonchev–Trinajstić information content (AvgIpc) is 2.74. The first-order valence-electron chi connectivity index (χ1n) is 9.81. The van der Waals surface area contributed by atoms with E-state index in [2.05, 4.69) is 0 Å². The predicted octanol–water partition coefficient (Wildman–Crippen LogP) is 3.15. The van der Waals surface area contributed by atoms with Crippen LogP contribution in [-0.2, 0) is 0 Å². The highest BCUT2D eigenvalue weighted by Gasteiger charge is 2.20. The van der Waals surface area contributed by atoms with Gasteiger partial charge in [-0.15, -0.1) is 0 Å². The Hall–Kier alpha value is -4.32. The Morgan fingerprint density at radius 3 is 2.23 bits per heavy atom. The van der Waals surface area contributed by atoms with Gasteiger partial charge >= 0.3 is 0 Å². The zero-order valence-corrected chi connectivity index (χ0v) is 17.2. The van der Waals surface area contributed by atoms with Gasteiger partial charge in [0.05, 0.1) is 17.1 Å². The van der Waals surface area contributed by atoms with Gasteiger partial charge in [-0.3, -0.25) is 11.1 Å². The second kappa shape index (κ2) is 8.20. The minimum atomic E-state index is 0.118. The van der Waals surface area contributed by atoms with Crippen molar-refractivity contribution in [2.24, 2.45) is 5.73 Å². The first-order chi connectivity index (χ1) is 14.9. The van der Waals surface area contributed by atoms with Crippen LogP contribution < -0.4 is 27.3 Å². The third-order valence-corrected chi connectivity index (χ3v) is 4.98. The van der Waals surface area contributed by atoms with Crippen molar-refractivity contribution in [3.63, 3.8) is 0 Å². The maximum Gasteiger partial charge on any atom is 0.275 e. The van der Waals surface area contributed by atoms with Crippen LogP contribution in [0.4, 0.5) is 11.4 Å². The zero-order valence-electron chi connectivity index (χ0n) is 17.2. The van der Waals surface area contributed by atoms with Crippen molar-refractivity contribution in [3.8, 4) is 34.0 Å². The van der Waals surface area contributed by atoms with Crippen molar-refractivity contribution in [2.75, 3.05) is 11.5 Å². The molecular formula is C25H24N5O+. The van der Waals surface area contributed by atoms with Crippen LogP contribution in [0.15, 0.2) is 78.9 Å². The molecule has 0 unspecified atom stereocenters. The smallest absolute Gasteiger partial charge is 0.275 e. The molecule has 0 radical (unpaired) electrons. The van der Waals surface area contributed by atoms with Crippen LogP contribution in [-0.4, -0.2) is 10.8 Å². The number of aromatic nitrogens is 1. The van der Waals surface area contributed by atoms with E-state index in [-0.39, 0.29) is 5.84 Å². The Kier molecular flexibility index (Phi) is 5.28. The molecule has 1 heterocycles. The number of para-hydroxylation sites is 1. The van der Waals surface area contributed by atoms with E-state index < -0.39 is 0 Å². The maximum absolute atomic E-state index is 6.34. The highest BCUT2D eigenvalue weighted by atomic mass is 16.5. The number of amidine groups is 1. The van der Waals surface area contributed by atoms with E-state index >= 15 is 0 Å². The number of hydrogen-bond acceptors (Lipinski definition) is 4. The molecule has 1 aromatic heterocycles. The summed E-state index contributed by atoms with van der Waals surface area (Å²) in [6, 6.07) is 24.6. The van der Waals surface area contributed by atoms with Gasteiger partial charge in [-0.25, -0.2) is 4.98 Å². The number of hydrogen-bond donors (Lipinski definition) is 4. The van der Waals surface area contributed by atoms with E-state index in [0.717, 1.165) is 28.2 Å². The average molecular weight is 411 g/mol. The van der Waals surface area contributed by atoms with Gasteiger partial charge in [-0.05, 0) is 61.0 Å². The second-order valence-corrected chi connectivity index (χ2v) is 7.29. The largest absolute Gasteiger partial charge is 0.457 e. The lowest BCUT2D eigenvalue weighted by Crippen LogP contribution is -2.47. The van der Waals surface area contributed by atoms with Crippen LogP contribution in [0.2, 0.25) is 0 Å². The van der Waals surface area contributed by atoms with Crippen LogP contribution in [0.25, 0.3) is 22.5 Å². The van der Waals surface area contributed by atoms with Crippen molar-refractivity contribution < 1.29 is 10.1 Å². The highest BCUT2D eigenvalue weighted by molar-refractivity contribution is 6.04. The van der Waals surface area contributed by atoms with E-state index in [1.165, 1.54) is 0 Å². The molecule has 0 saturated heterocycles. The summed E-state index contributed by atoms with van der Waals surface area (Å²) in [5.74, 6) is 1.61. The van der Waals surface area contributed by atoms with E-state index in [4.69, 9.17) is 32.3 Å². The topological polar surface area (TPSA) is 126 Å². The van der Waals surface area contributed by atoms with Crippen LogP contribution in [0.5, 0.6) is 11.5 Å². The molecular weight excluding hydrogens is 386 g/mol. The number of pyridine rings is 1. The number of nitrogens with two attached hydrogens (primary N) is 4. The number of aryl methyl sites for hydroxylation is 1. The lowest BCUT2D eigenvalue weighted by Gasteiger charge is -2.15. The third-order valence-electron chi connectivity index (χ3n) is 4.98. The van der Waals surface area contributed by atoms with Crippen LogP contribution in [0.1, 0.15) is 11.1 Å². The number of benzene rings is 3. The van der Waals surface area contributed by atoms with Gasteiger partial charge < -0.3 is 16.2 Å². The Balaban J connectivity index is 1.80. The molecule has 6 heteroatoms. The summed E-state index contributed by atoms with van der Waals surface area (Å²) >= 11 is 0. The number of anilines is 2. The summed E-state index contributed by atoms with van der Waals surface area (Å²) in [6.45, 7) is 1.98. The molecule has 31 heavy (non-hydrogen) atoms. The van der Waals surface area contributed by atoms with Gasteiger partial charge in [0.25, 0.3) is 5.84 Å². The first kappa shape index (κ1) is 20.0. The summed E-state index contributed by atoms with van der Waals surface area (Å²) in [5.41, 5.74) is 23.8. The Morgan fingerprint density at radius 1 is 0.871 bits per heavy atom. The minimum absolute atomic E-state index is 0.118. The first-order valence-corrected chi connectivity index (χ1v) is 9.81. The molecule has 0 bridgehead atoms. The fraction of sp³-hybridized carbons (Fsp3) is 0.0400. The fourth-order valence-corrected chi connectivity index (χ4v) is 3.45. The number of rotatable bonds is 5. The Bertz CT molecular complexity index is 1250. The van der Waals surface area contributed by atoms with Crippen molar-refractivity contribution in [1.29, 1.82) is 0 Å². The molecule has 0 aliphatic carbocycles. The molecule has 0 spiro atoms. The number of nitrogens with zero attached hydrogens (tertiary/aromatic N) is 1. The zero-order chi connectivity index (χ0) is 22.0. The number of ether oxygens (including phenoxy) is 1. The van der Waals surface area contributed by atoms with E-state index in [0.29, 0.717) is 28.3 Å². The summed E-state index contributed by atoms with van der Waals surface area (Å²) in [5, 5.41) is 5.98. The van der Waals surface area contributed by atoms with Crippen molar-refractivity contribution in [3.05, 3.63) is 90.0 Å². The lowest BCUT2D eigenvalue weighted by atomic mass is 9.97. The molecule has 4 rings (SSSR count). The molecule has 0 aliphatic heterocycles. The maximum atomic E-state index is 6.34. The molecule has 154 valence electrons. The van der Waals surface area contributed by atoms with E-state index in [1.54, 1.807) is 6.07 Å². The lowest BCUT2D eigenvalue weighted by molar-refractivity contribution is -0.114. The summed E-state index contributed by atoms with van der Waals surface area (Å²) < 4.78 is 5.94. The molecule has 0 saturated carbocycles. The van der Waals surface area contributed by atoms with Gasteiger partial charge in [-0.2, -0.15) is 0 Å². The summed E-state index contributed by atoms with van der Waals surface area (Å²) in [4.78, 5) is 4.86. The van der Waals surface area contributed by atoms with Gasteiger partial charge in [0, 0.05) is 16.8 Å². The molecule has 0 fully saturated rings. The predicted molar refractivity (Wildman–Crippen MR) is 125 cm³/mol. The van der Waals surface area contributed by atoms with Gasteiger partial charge in [0.2, 0.25) is 0 Å². The molecule has 6 nitrogen and oxygen atoms in total. The van der Waals surface area contributed by atoms with Crippen LogP contribution in [0.3, 0.4) is 0 Å². The fourth-order valence-electron chi connectivity index (χ4n) is 3.45. The monoisotopic (exact) mass is 410 g/mol. The third kappa shape index (κ3) is 4.18. The Labute approximate surface area is 180 Å².